The quantitative estimate of drug-likeness (QED) is 0.603. The van der Waals surface area contributed by atoms with E-state index in [1.54, 1.807) is 6.92 Å². The molecule has 4 rings (SSSR count). The van der Waals surface area contributed by atoms with Crippen molar-refractivity contribution in [2.45, 2.75) is 39.3 Å². The largest absolute Gasteiger partial charge is 0.481 e. The summed E-state index contributed by atoms with van der Waals surface area (Å²) in [4.78, 5) is 27.7. The van der Waals surface area contributed by atoms with Crippen LogP contribution in [-0.2, 0) is 11.2 Å². The molecule has 3 aromatic rings. The van der Waals surface area contributed by atoms with Gasteiger partial charge in [0.1, 0.15) is 5.75 Å². The van der Waals surface area contributed by atoms with E-state index in [0.29, 0.717) is 24.4 Å². The summed E-state index contributed by atoms with van der Waals surface area (Å²) in [6.07, 6.45) is 0.161. The molecule has 2 atom stereocenters. The van der Waals surface area contributed by atoms with Gasteiger partial charge in [-0.3, -0.25) is 9.59 Å². The van der Waals surface area contributed by atoms with Crippen LogP contribution in [0.2, 0.25) is 0 Å². The Bertz CT molecular complexity index is 1140. The Labute approximate surface area is 195 Å². The Morgan fingerprint density at radius 2 is 1.85 bits per heavy atom. The molecule has 1 aliphatic rings. The average Bonchev–Trinajstić information content (AvgIpc) is 2.83. The molecule has 1 N–H and O–H groups in total. The highest BCUT2D eigenvalue weighted by Gasteiger charge is 2.33. The predicted octanol–water partition coefficient (Wildman–Crippen LogP) is 4.69. The average molecular weight is 443 g/mol. The SMILES string of the molecule is CCNC(=O)C(C)Oc1ccc2c(c1)C(c1cccc(C)c1)N(C(=O)c1ccccc1)CC2. The van der Waals surface area contributed by atoms with Crippen LogP contribution < -0.4 is 10.1 Å². The van der Waals surface area contributed by atoms with E-state index in [-0.39, 0.29) is 17.9 Å². The highest BCUT2D eigenvalue weighted by atomic mass is 16.5. The van der Waals surface area contributed by atoms with Crippen molar-refractivity contribution in [1.82, 2.24) is 10.2 Å². The molecule has 0 saturated carbocycles. The van der Waals surface area contributed by atoms with Crippen LogP contribution in [-0.4, -0.2) is 35.9 Å². The maximum atomic E-state index is 13.5. The Kier molecular flexibility index (Phi) is 6.78. The second-order valence-electron chi connectivity index (χ2n) is 8.45. The van der Waals surface area contributed by atoms with Gasteiger partial charge in [0.2, 0.25) is 0 Å². The normalized spacial score (nSPS) is 16.0. The van der Waals surface area contributed by atoms with Gasteiger partial charge in [-0.2, -0.15) is 0 Å². The maximum Gasteiger partial charge on any atom is 0.260 e. The summed E-state index contributed by atoms with van der Waals surface area (Å²) in [5, 5.41) is 2.79. The summed E-state index contributed by atoms with van der Waals surface area (Å²) >= 11 is 0. The molecule has 0 spiro atoms. The molecule has 0 saturated heterocycles. The van der Waals surface area contributed by atoms with E-state index in [9.17, 15) is 9.59 Å². The van der Waals surface area contributed by atoms with E-state index >= 15 is 0 Å². The first-order valence-corrected chi connectivity index (χ1v) is 11.5. The summed E-state index contributed by atoms with van der Waals surface area (Å²) < 4.78 is 5.97. The van der Waals surface area contributed by atoms with Crippen molar-refractivity contribution in [2.24, 2.45) is 0 Å². The number of hydrogen-bond acceptors (Lipinski definition) is 3. The number of aryl methyl sites for hydroxylation is 1. The van der Waals surface area contributed by atoms with Crippen LogP contribution in [0, 0.1) is 6.92 Å². The molecule has 0 aromatic heterocycles. The molecule has 33 heavy (non-hydrogen) atoms. The van der Waals surface area contributed by atoms with Gasteiger partial charge in [-0.15, -0.1) is 0 Å². The second kappa shape index (κ2) is 9.90. The fraction of sp³-hybridized carbons (Fsp3) is 0.286. The lowest BCUT2D eigenvalue weighted by Crippen LogP contribution is -2.40. The number of rotatable bonds is 6. The van der Waals surface area contributed by atoms with Crippen LogP contribution in [0.3, 0.4) is 0 Å². The summed E-state index contributed by atoms with van der Waals surface area (Å²) in [6, 6.07) is 23.4. The number of nitrogens with one attached hydrogen (secondary N) is 1. The molecule has 170 valence electrons. The number of hydrogen-bond donors (Lipinski definition) is 1. The zero-order valence-electron chi connectivity index (χ0n) is 19.4. The first kappa shape index (κ1) is 22.6. The van der Waals surface area contributed by atoms with E-state index in [1.807, 2.05) is 60.4 Å². The van der Waals surface area contributed by atoms with E-state index in [1.165, 1.54) is 5.56 Å². The van der Waals surface area contributed by atoms with Crippen LogP contribution >= 0.6 is 0 Å². The van der Waals surface area contributed by atoms with Crippen molar-refractivity contribution in [3.8, 4) is 5.75 Å². The van der Waals surface area contributed by atoms with Crippen LogP contribution in [0.25, 0.3) is 0 Å². The number of carbonyl (C=O) groups excluding carboxylic acids is 2. The third-order valence-electron chi connectivity index (χ3n) is 6.02. The lowest BCUT2D eigenvalue weighted by Gasteiger charge is -2.38. The monoisotopic (exact) mass is 442 g/mol. The Balaban J connectivity index is 1.74. The van der Waals surface area contributed by atoms with E-state index in [0.717, 1.165) is 23.1 Å². The molecule has 1 heterocycles. The van der Waals surface area contributed by atoms with E-state index in [4.69, 9.17) is 4.74 Å². The third kappa shape index (κ3) is 4.92. The van der Waals surface area contributed by atoms with Crippen LogP contribution in [0.1, 0.15) is 52.5 Å². The fourth-order valence-corrected chi connectivity index (χ4v) is 4.41. The molecule has 0 radical (unpaired) electrons. The molecule has 0 bridgehead atoms. The van der Waals surface area contributed by atoms with Gasteiger partial charge >= 0.3 is 0 Å². The molecule has 3 aromatic carbocycles. The standard InChI is InChI=1S/C28H30N2O3/c1-4-29-27(31)20(3)33-24-14-13-21-15-16-30(28(32)22-10-6-5-7-11-22)26(25(21)18-24)23-12-8-9-19(2)17-23/h5-14,17-18,20,26H,4,15-16H2,1-3H3,(H,29,31). The molecule has 0 aliphatic carbocycles. The minimum Gasteiger partial charge on any atom is -0.481 e. The van der Waals surface area contributed by atoms with Crippen molar-refractivity contribution in [3.05, 3.63) is 101 Å². The number of amides is 2. The van der Waals surface area contributed by atoms with Crippen LogP contribution in [0.15, 0.2) is 72.8 Å². The summed E-state index contributed by atoms with van der Waals surface area (Å²) in [5.74, 6) is 0.486. The van der Waals surface area contributed by atoms with E-state index in [2.05, 4.69) is 36.5 Å². The highest BCUT2D eigenvalue weighted by Crippen LogP contribution is 2.38. The number of benzene rings is 3. The van der Waals surface area contributed by atoms with Crippen molar-refractivity contribution < 1.29 is 14.3 Å². The topological polar surface area (TPSA) is 58.6 Å². The number of carbonyl (C=O) groups is 2. The molecular weight excluding hydrogens is 412 g/mol. The zero-order chi connectivity index (χ0) is 23.4. The predicted molar refractivity (Wildman–Crippen MR) is 129 cm³/mol. The number of nitrogens with zero attached hydrogens (tertiary/aromatic N) is 1. The maximum absolute atomic E-state index is 13.5. The van der Waals surface area contributed by atoms with Crippen molar-refractivity contribution in [1.29, 1.82) is 0 Å². The number of ether oxygens (including phenoxy) is 1. The van der Waals surface area contributed by atoms with Gasteiger partial charge in [0, 0.05) is 18.7 Å². The minimum absolute atomic E-state index is 0.00905. The number of likely N-dealkylation sites (N-methyl/N-ethyl adjacent to an activating group) is 1. The first-order valence-electron chi connectivity index (χ1n) is 11.5. The smallest absolute Gasteiger partial charge is 0.260 e. The molecular formula is C28H30N2O3. The van der Waals surface area contributed by atoms with Gasteiger partial charge < -0.3 is 15.0 Å². The highest BCUT2D eigenvalue weighted by molar-refractivity contribution is 5.95. The molecule has 5 heteroatoms. The lowest BCUT2D eigenvalue weighted by atomic mass is 9.87. The fourth-order valence-electron chi connectivity index (χ4n) is 4.41. The lowest BCUT2D eigenvalue weighted by molar-refractivity contribution is -0.127. The summed E-state index contributed by atoms with van der Waals surface area (Å²) in [5.41, 5.74) is 5.11. The van der Waals surface area contributed by atoms with Gasteiger partial charge in [-0.25, -0.2) is 0 Å². The molecule has 2 unspecified atom stereocenters. The zero-order valence-corrected chi connectivity index (χ0v) is 19.4. The van der Waals surface area contributed by atoms with Gasteiger partial charge in [-0.05, 0) is 68.1 Å². The minimum atomic E-state index is -0.605. The van der Waals surface area contributed by atoms with E-state index < -0.39 is 6.10 Å². The number of fused-ring (bicyclic) bond motifs is 1. The Morgan fingerprint density at radius 1 is 1.06 bits per heavy atom. The van der Waals surface area contributed by atoms with Crippen molar-refractivity contribution >= 4 is 11.8 Å². The van der Waals surface area contributed by atoms with Crippen LogP contribution in [0.4, 0.5) is 0 Å². The van der Waals surface area contributed by atoms with Gasteiger partial charge in [0.05, 0.1) is 6.04 Å². The van der Waals surface area contributed by atoms with Gasteiger partial charge in [-0.1, -0.05) is 54.1 Å². The Hall–Kier alpha value is -3.60. The molecule has 1 aliphatic heterocycles. The van der Waals surface area contributed by atoms with Gasteiger partial charge in [0.25, 0.3) is 11.8 Å². The molecule has 5 nitrogen and oxygen atoms in total. The second-order valence-corrected chi connectivity index (χ2v) is 8.45. The van der Waals surface area contributed by atoms with Crippen molar-refractivity contribution in [3.63, 3.8) is 0 Å². The van der Waals surface area contributed by atoms with Crippen molar-refractivity contribution in [2.75, 3.05) is 13.1 Å². The van der Waals surface area contributed by atoms with Gasteiger partial charge in [0.15, 0.2) is 6.10 Å². The Morgan fingerprint density at radius 3 is 2.58 bits per heavy atom. The first-order chi connectivity index (χ1) is 16.0. The molecule has 2 amide bonds. The third-order valence-corrected chi connectivity index (χ3v) is 6.02. The summed E-state index contributed by atoms with van der Waals surface area (Å²) in [7, 11) is 0. The van der Waals surface area contributed by atoms with Crippen LogP contribution in [0.5, 0.6) is 5.75 Å². The molecule has 0 fully saturated rings. The summed E-state index contributed by atoms with van der Waals surface area (Å²) in [6.45, 7) is 6.88.